The fourth-order valence-corrected chi connectivity index (χ4v) is 3.30. The van der Waals surface area contributed by atoms with Crippen molar-refractivity contribution in [1.82, 2.24) is 20.0 Å². The van der Waals surface area contributed by atoms with E-state index in [9.17, 15) is 9.18 Å². The summed E-state index contributed by atoms with van der Waals surface area (Å²) in [4.78, 5) is 20.4. The number of hydrogen-bond acceptors (Lipinski definition) is 3. The van der Waals surface area contributed by atoms with Crippen molar-refractivity contribution >= 4 is 29.2 Å². The van der Waals surface area contributed by atoms with Crippen LogP contribution in [0, 0.1) is 5.82 Å². The van der Waals surface area contributed by atoms with E-state index in [0.29, 0.717) is 37.0 Å². The number of hydrogen-bond donors (Lipinski definition) is 1. The Kier molecular flexibility index (Phi) is 5.95. The molecule has 1 N–H and O–H groups in total. The number of benzene rings is 1. The Bertz CT molecular complexity index is 852. The molecule has 144 valence electrons. The summed E-state index contributed by atoms with van der Waals surface area (Å²) in [7, 11) is 3.51. The topological polar surface area (TPSA) is 65.8 Å². The summed E-state index contributed by atoms with van der Waals surface area (Å²) < 4.78 is 14.8. The molecule has 2 aromatic rings. The molecule has 7 nitrogen and oxygen atoms in total. The molecule has 0 aliphatic carbocycles. The second-order valence-corrected chi connectivity index (χ2v) is 6.71. The van der Waals surface area contributed by atoms with Gasteiger partial charge in [0.15, 0.2) is 5.96 Å². The van der Waals surface area contributed by atoms with E-state index in [1.54, 1.807) is 28.9 Å². The van der Waals surface area contributed by atoms with Crippen molar-refractivity contribution in [3.63, 3.8) is 0 Å². The molecular weight excluding hydrogens is 371 g/mol. The molecule has 1 saturated heterocycles. The van der Waals surface area contributed by atoms with Gasteiger partial charge in [-0.15, -0.1) is 0 Å². The second kappa shape index (κ2) is 8.39. The molecule has 3 rings (SSSR count). The first kappa shape index (κ1) is 19.2. The third-order valence-electron chi connectivity index (χ3n) is 4.43. The Morgan fingerprint density at radius 2 is 2.22 bits per heavy atom. The van der Waals surface area contributed by atoms with Crippen molar-refractivity contribution < 1.29 is 9.18 Å². The first-order chi connectivity index (χ1) is 13.0. The Morgan fingerprint density at radius 1 is 1.41 bits per heavy atom. The number of rotatable bonds is 4. The van der Waals surface area contributed by atoms with Crippen molar-refractivity contribution in [3.8, 4) is 0 Å². The summed E-state index contributed by atoms with van der Waals surface area (Å²) >= 11 is 6.06. The van der Waals surface area contributed by atoms with E-state index in [0.717, 1.165) is 11.3 Å². The highest BCUT2D eigenvalue weighted by Crippen LogP contribution is 2.18. The Labute approximate surface area is 162 Å². The van der Waals surface area contributed by atoms with Crippen LogP contribution in [-0.2, 0) is 18.3 Å². The number of aliphatic imine (C=N–C) groups is 1. The van der Waals surface area contributed by atoms with Gasteiger partial charge in [0.1, 0.15) is 12.4 Å². The lowest BCUT2D eigenvalue weighted by atomic mass is 10.1. The van der Waals surface area contributed by atoms with Crippen molar-refractivity contribution in [1.29, 1.82) is 0 Å². The summed E-state index contributed by atoms with van der Waals surface area (Å²) in [6.45, 7) is 2.05. The van der Waals surface area contributed by atoms with Gasteiger partial charge < -0.3 is 15.1 Å². The lowest BCUT2D eigenvalue weighted by molar-refractivity contribution is -0.120. The van der Waals surface area contributed by atoms with E-state index < -0.39 is 0 Å². The van der Waals surface area contributed by atoms with Crippen LogP contribution in [0.1, 0.15) is 5.56 Å². The van der Waals surface area contributed by atoms with Gasteiger partial charge in [0.25, 0.3) is 0 Å². The molecule has 9 heteroatoms. The van der Waals surface area contributed by atoms with Gasteiger partial charge >= 0.3 is 0 Å². The summed E-state index contributed by atoms with van der Waals surface area (Å²) in [6.07, 6.45) is 4.14. The number of aryl methyl sites for hydroxylation is 1. The molecule has 27 heavy (non-hydrogen) atoms. The molecular formula is C18H22ClFN6O. The van der Waals surface area contributed by atoms with Crippen LogP contribution in [-0.4, -0.2) is 59.8 Å². The fraction of sp³-hybridized carbons (Fsp3) is 0.389. The highest BCUT2D eigenvalue weighted by molar-refractivity contribution is 6.31. The van der Waals surface area contributed by atoms with Crippen LogP contribution in [0.3, 0.4) is 0 Å². The fourth-order valence-electron chi connectivity index (χ4n) is 3.04. The number of guanidine groups is 1. The zero-order chi connectivity index (χ0) is 19.4. The van der Waals surface area contributed by atoms with Crippen LogP contribution in [0.15, 0.2) is 35.6 Å². The minimum atomic E-state index is -0.350. The van der Waals surface area contributed by atoms with Gasteiger partial charge in [-0.1, -0.05) is 17.7 Å². The predicted octanol–water partition coefficient (Wildman–Crippen LogP) is 1.68. The number of nitrogens with one attached hydrogen (secondary N) is 1. The van der Waals surface area contributed by atoms with Crippen LogP contribution in [0.2, 0.25) is 5.02 Å². The van der Waals surface area contributed by atoms with Gasteiger partial charge in [-0.2, -0.15) is 5.10 Å². The number of anilines is 1. The molecule has 0 radical (unpaired) electrons. The van der Waals surface area contributed by atoms with Crippen molar-refractivity contribution in [3.05, 3.63) is 47.0 Å². The van der Waals surface area contributed by atoms with Crippen LogP contribution in [0.4, 0.5) is 10.1 Å². The van der Waals surface area contributed by atoms with Gasteiger partial charge in [0.2, 0.25) is 5.91 Å². The zero-order valence-electron chi connectivity index (χ0n) is 15.3. The predicted molar refractivity (Wildman–Crippen MR) is 104 cm³/mol. The zero-order valence-corrected chi connectivity index (χ0v) is 16.1. The minimum Gasteiger partial charge on any atom is -0.356 e. The monoisotopic (exact) mass is 392 g/mol. The standard InChI is InChI=1S/C18H22ClFN6O/c1-21-18(22-6-5-13-3-4-14(20)9-16(13)19)25-7-8-26(17(27)12-25)15-10-23-24(2)11-15/h3-4,9-11H,5-8,12H2,1-2H3,(H,21,22). The maximum Gasteiger partial charge on any atom is 0.246 e. The Hall–Kier alpha value is -2.61. The van der Waals surface area contributed by atoms with Gasteiger partial charge in [0.05, 0.1) is 11.9 Å². The van der Waals surface area contributed by atoms with E-state index >= 15 is 0 Å². The molecule has 2 heterocycles. The second-order valence-electron chi connectivity index (χ2n) is 6.30. The Balaban J connectivity index is 1.55. The first-order valence-corrected chi connectivity index (χ1v) is 9.04. The molecule has 0 atom stereocenters. The SMILES string of the molecule is CN=C(NCCc1ccc(F)cc1Cl)N1CCN(c2cnn(C)c2)C(=O)C1. The molecule has 1 fully saturated rings. The van der Waals surface area contributed by atoms with E-state index in [1.807, 2.05) is 18.1 Å². The molecule has 0 unspecified atom stereocenters. The highest BCUT2D eigenvalue weighted by atomic mass is 35.5. The normalized spacial score (nSPS) is 15.4. The van der Waals surface area contributed by atoms with Crippen molar-refractivity contribution in [2.24, 2.45) is 12.0 Å². The molecule has 1 aromatic carbocycles. The molecule has 1 amide bonds. The van der Waals surface area contributed by atoms with Gasteiger partial charge in [-0.3, -0.25) is 14.5 Å². The molecule has 0 saturated carbocycles. The third-order valence-corrected chi connectivity index (χ3v) is 4.78. The molecule has 1 aromatic heterocycles. The minimum absolute atomic E-state index is 0.00113. The van der Waals surface area contributed by atoms with Gasteiger partial charge in [0, 0.05) is 44.9 Å². The van der Waals surface area contributed by atoms with E-state index in [1.165, 1.54) is 12.1 Å². The Morgan fingerprint density at radius 3 is 2.85 bits per heavy atom. The number of halogens is 2. The number of carbonyl (C=O) groups excluding carboxylic acids is 1. The summed E-state index contributed by atoms with van der Waals surface area (Å²) in [5.41, 5.74) is 1.66. The smallest absolute Gasteiger partial charge is 0.246 e. The largest absolute Gasteiger partial charge is 0.356 e. The first-order valence-electron chi connectivity index (χ1n) is 8.66. The third kappa shape index (κ3) is 4.57. The maximum atomic E-state index is 13.1. The number of amides is 1. The van der Waals surface area contributed by atoms with Crippen LogP contribution in [0.5, 0.6) is 0 Å². The van der Waals surface area contributed by atoms with Gasteiger partial charge in [-0.05, 0) is 24.1 Å². The van der Waals surface area contributed by atoms with Crippen LogP contribution >= 0.6 is 11.6 Å². The maximum absolute atomic E-state index is 13.1. The molecule has 1 aliphatic heterocycles. The van der Waals surface area contributed by atoms with Crippen molar-refractivity contribution in [2.45, 2.75) is 6.42 Å². The summed E-state index contributed by atoms with van der Waals surface area (Å²) in [5, 5.41) is 7.77. The number of aromatic nitrogens is 2. The lowest BCUT2D eigenvalue weighted by Crippen LogP contribution is -2.55. The average molecular weight is 393 g/mol. The number of piperazine rings is 1. The van der Waals surface area contributed by atoms with Crippen LogP contribution in [0.25, 0.3) is 0 Å². The number of carbonyl (C=O) groups is 1. The number of nitrogens with zero attached hydrogens (tertiary/aromatic N) is 5. The molecule has 0 spiro atoms. The van der Waals surface area contributed by atoms with E-state index in [-0.39, 0.29) is 18.3 Å². The highest BCUT2D eigenvalue weighted by Gasteiger charge is 2.27. The summed E-state index contributed by atoms with van der Waals surface area (Å²) in [6, 6.07) is 4.38. The van der Waals surface area contributed by atoms with E-state index in [4.69, 9.17) is 11.6 Å². The van der Waals surface area contributed by atoms with Crippen LogP contribution < -0.4 is 10.2 Å². The average Bonchev–Trinajstić information content (AvgIpc) is 3.06. The quantitative estimate of drug-likeness (QED) is 0.635. The lowest BCUT2D eigenvalue weighted by Gasteiger charge is -2.35. The summed E-state index contributed by atoms with van der Waals surface area (Å²) in [5.74, 6) is 0.309. The van der Waals surface area contributed by atoms with Gasteiger partial charge in [-0.25, -0.2) is 4.39 Å². The molecule has 1 aliphatic rings. The van der Waals surface area contributed by atoms with E-state index in [2.05, 4.69) is 15.4 Å². The van der Waals surface area contributed by atoms with Crippen molar-refractivity contribution in [2.75, 3.05) is 38.1 Å². The molecule has 0 bridgehead atoms.